The molecule has 0 saturated carbocycles. The van der Waals surface area contributed by atoms with Gasteiger partial charge in [0.25, 0.3) is 0 Å². The number of hydrogen-bond donors (Lipinski definition) is 1. The Kier molecular flexibility index (Phi) is 20.2. The first-order valence-corrected chi connectivity index (χ1v) is 9.97. The summed E-state index contributed by atoms with van der Waals surface area (Å²) in [6, 6.07) is 0. The van der Waals surface area contributed by atoms with Gasteiger partial charge >= 0.3 is 5.97 Å². The topological polar surface area (TPSA) is 65.0 Å². The van der Waals surface area contributed by atoms with Gasteiger partial charge in [0.2, 0.25) is 0 Å². The van der Waals surface area contributed by atoms with Gasteiger partial charge in [-0.3, -0.25) is 4.79 Å². The quantitative estimate of drug-likeness (QED) is 0.155. The Hall–Kier alpha value is -0.690. The lowest BCUT2D eigenvalue weighted by Gasteiger charge is -2.26. The Morgan fingerprint density at radius 3 is 1.85 bits per heavy atom. The molecule has 158 valence electrons. The fraction of sp³-hybridized carbons (Fsp3) is 0.950. The average Bonchev–Trinajstić information content (AvgIpc) is 2.55. The molecule has 0 aromatic rings. The zero-order chi connectivity index (χ0) is 20.3. The van der Waals surface area contributed by atoms with Crippen LogP contribution in [-0.2, 0) is 19.3 Å². The second-order valence-electron chi connectivity index (χ2n) is 7.72. The van der Waals surface area contributed by atoms with E-state index in [2.05, 4.69) is 16.5 Å². The smallest absolute Gasteiger partial charge is 0.308 e. The third kappa shape index (κ3) is 25.5. The fourth-order valence-electron chi connectivity index (χ4n) is 2.53. The molecule has 1 atom stereocenters. The van der Waals surface area contributed by atoms with E-state index in [4.69, 9.17) is 4.89 Å². The van der Waals surface area contributed by atoms with Crippen LogP contribution in [0.25, 0.3) is 0 Å². The first-order chi connectivity index (χ1) is 12.3. The first-order valence-electron chi connectivity index (χ1n) is 9.97. The fourth-order valence-corrected chi connectivity index (χ4v) is 2.53. The van der Waals surface area contributed by atoms with E-state index in [1.165, 1.54) is 58.5 Å². The third-order valence-corrected chi connectivity index (χ3v) is 3.84. The van der Waals surface area contributed by atoms with Gasteiger partial charge in [-0.1, -0.05) is 58.3 Å². The normalized spacial score (nSPS) is 12.3. The molecule has 0 radical (unpaired) electrons. The minimum absolute atomic E-state index is 0.0754. The van der Waals surface area contributed by atoms with Crippen LogP contribution in [0.3, 0.4) is 0 Å². The van der Waals surface area contributed by atoms with Gasteiger partial charge in [-0.2, -0.15) is 0 Å². The molecular weight excluding hydrogens is 334 g/mol. The Morgan fingerprint density at radius 2 is 1.42 bits per heavy atom. The number of esters is 1. The lowest BCUT2D eigenvalue weighted by Crippen LogP contribution is -2.42. The molecule has 0 amide bonds. The monoisotopic (exact) mass is 378 g/mol. The molecule has 0 aromatic heterocycles. The lowest BCUT2D eigenvalue weighted by molar-refractivity contribution is -0.873. The van der Waals surface area contributed by atoms with Crippen LogP contribution < -0.4 is 0 Å². The number of likely N-dealkylation sites (N-methyl/N-ethyl adjacent to an activating group) is 1. The number of hydrogen-bond acceptors (Lipinski definition) is 5. The predicted molar refractivity (Wildman–Crippen MR) is 106 cm³/mol. The zero-order valence-electron chi connectivity index (χ0n) is 18.1. The van der Waals surface area contributed by atoms with Crippen molar-refractivity contribution in [1.82, 2.24) is 0 Å². The van der Waals surface area contributed by atoms with Gasteiger partial charge in [-0.15, -0.1) is 0 Å². The minimum Gasteiger partial charge on any atom is -0.469 e. The summed E-state index contributed by atoms with van der Waals surface area (Å²) >= 11 is 0. The average molecular weight is 379 g/mol. The van der Waals surface area contributed by atoms with E-state index in [0.717, 1.165) is 13.0 Å². The maximum absolute atomic E-state index is 10.7. The molecule has 0 aromatic carbocycles. The SMILES string of the molecule is CCCCCCCCCCCOOC.COC(=O)CC(O)C[N+](C)(C)C. The van der Waals surface area contributed by atoms with E-state index >= 15 is 0 Å². The summed E-state index contributed by atoms with van der Waals surface area (Å²) in [6.45, 7) is 3.55. The molecule has 6 heteroatoms. The summed E-state index contributed by atoms with van der Waals surface area (Å²) in [7, 11) is 8.76. The summed E-state index contributed by atoms with van der Waals surface area (Å²) in [4.78, 5) is 20.0. The standard InChI is InChI=1S/C12H26O2.C8H18NO3/c1-3-4-5-6-7-8-9-10-11-12-14-13-2;1-9(2,3)6-7(10)5-8(11)12-4/h3-12H2,1-2H3;7,10H,5-6H2,1-4H3/q;+1. The van der Waals surface area contributed by atoms with Crippen LogP contribution in [0, 0.1) is 0 Å². The molecule has 1 N–H and O–H groups in total. The number of unbranched alkanes of at least 4 members (excludes halogenated alkanes) is 8. The van der Waals surface area contributed by atoms with Crippen LogP contribution in [0.5, 0.6) is 0 Å². The lowest BCUT2D eigenvalue weighted by atomic mass is 10.1. The molecule has 26 heavy (non-hydrogen) atoms. The van der Waals surface area contributed by atoms with Crippen LogP contribution >= 0.6 is 0 Å². The summed E-state index contributed by atoms with van der Waals surface area (Å²) in [5.41, 5.74) is 0. The van der Waals surface area contributed by atoms with E-state index in [9.17, 15) is 9.90 Å². The summed E-state index contributed by atoms with van der Waals surface area (Å²) < 4.78 is 5.07. The van der Waals surface area contributed by atoms with Gasteiger partial charge in [-0.25, -0.2) is 9.78 Å². The highest BCUT2D eigenvalue weighted by Crippen LogP contribution is 2.09. The van der Waals surface area contributed by atoms with Crippen molar-refractivity contribution in [3.8, 4) is 0 Å². The van der Waals surface area contributed by atoms with Crippen molar-refractivity contribution < 1.29 is 28.9 Å². The molecular formula is C20H44NO5+. The van der Waals surface area contributed by atoms with Crippen LogP contribution in [0.4, 0.5) is 0 Å². The van der Waals surface area contributed by atoms with Gasteiger partial charge in [0.15, 0.2) is 0 Å². The predicted octanol–water partition coefficient (Wildman–Crippen LogP) is 3.71. The van der Waals surface area contributed by atoms with Crippen LogP contribution in [0.2, 0.25) is 0 Å². The number of aliphatic hydroxyl groups excluding tert-OH is 1. The molecule has 0 aliphatic rings. The second-order valence-corrected chi connectivity index (χ2v) is 7.72. The highest BCUT2D eigenvalue weighted by atomic mass is 17.2. The maximum atomic E-state index is 10.7. The van der Waals surface area contributed by atoms with E-state index in [-0.39, 0.29) is 12.4 Å². The third-order valence-electron chi connectivity index (χ3n) is 3.84. The molecule has 0 aliphatic heterocycles. The number of aliphatic hydroxyl groups is 1. The summed E-state index contributed by atoms with van der Waals surface area (Å²) in [6.07, 6.45) is 11.6. The maximum Gasteiger partial charge on any atom is 0.308 e. The van der Waals surface area contributed by atoms with Crippen molar-refractivity contribution in [2.75, 3.05) is 48.5 Å². The van der Waals surface area contributed by atoms with Crippen molar-refractivity contribution in [2.24, 2.45) is 0 Å². The molecule has 1 unspecified atom stereocenters. The molecule has 0 saturated heterocycles. The van der Waals surface area contributed by atoms with Crippen molar-refractivity contribution in [2.45, 2.75) is 77.2 Å². The number of quaternary nitrogens is 1. The number of ether oxygens (including phenoxy) is 1. The number of nitrogens with zero attached hydrogens (tertiary/aromatic N) is 1. The number of carbonyl (C=O) groups excluding carboxylic acids is 1. The van der Waals surface area contributed by atoms with E-state index in [0.29, 0.717) is 11.0 Å². The van der Waals surface area contributed by atoms with Crippen LogP contribution in [0.15, 0.2) is 0 Å². The first kappa shape index (κ1) is 27.5. The van der Waals surface area contributed by atoms with Crippen molar-refractivity contribution in [3.05, 3.63) is 0 Å². The van der Waals surface area contributed by atoms with Gasteiger partial charge in [0, 0.05) is 0 Å². The number of rotatable bonds is 15. The number of methoxy groups -OCH3 is 1. The zero-order valence-corrected chi connectivity index (χ0v) is 18.1. The summed E-state index contributed by atoms with van der Waals surface area (Å²) in [5, 5.41) is 9.37. The van der Waals surface area contributed by atoms with E-state index in [1.54, 1.807) is 7.11 Å². The Morgan fingerprint density at radius 1 is 0.923 bits per heavy atom. The van der Waals surface area contributed by atoms with Crippen molar-refractivity contribution in [3.63, 3.8) is 0 Å². The number of carbonyl (C=O) groups is 1. The van der Waals surface area contributed by atoms with Crippen LogP contribution in [-0.4, -0.2) is 70.2 Å². The molecule has 0 bridgehead atoms. The Bertz CT molecular complexity index is 293. The van der Waals surface area contributed by atoms with Crippen molar-refractivity contribution in [1.29, 1.82) is 0 Å². The summed E-state index contributed by atoms with van der Waals surface area (Å²) in [5.74, 6) is -0.365. The van der Waals surface area contributed by atoms with Gasteiger partial charge in [0.1, 0.15) is 12.6 Å². The van der Waals surface area contributed by atoms with Crippen molar-refractivity contribution >= 4 is 5.97 Å². The van der Waals surface area contributed by atoms with E-state index in [1.807, 2.05) is 21.1 Å². The molecule has 0 spiro atoms. The highest BCUT2D eigenvalue weighted by molar-refractivity contribution is 5.69. The van der Waals surface area contributed by atoms with Gasteiger partial charge in [0.05, 0.1) is 48.4 Å². The van der Waals surface area contributed by atoms with Gasteiger partial charge in [-0.05, 0) is 6.42 Å². The Labute approximate surface area is 161 Å². The van der Waals surface area contributed by atoms with E-state index < -0.39 is 6.10 Å². The minimum atomic E-state index is -0.613. The van der Waals surface area contributed by atoms with Crippen LogP contribution in [0.1, 0.15) is 71.1 Å². The molecule has 6 nitrogen and oxygen atoms in total. The largest absolute Gasteiger partial charge is 0.469 e. The second kappa shape index (κ2) is 19.1. The Balaban J connectivity index is 0. The molecule has 0 aliphatic carbocycles. The highest BCUT2D eigenvalue weighted by Gasteiger charge is 2.18. The van der Waals surface area contributed by atoms with Gasteiger partial charge < -0.3 is 14.3 Å². The molecule has 0 rings (SSSR count). The molecule has 0 heterocycles. The molecule has 0 fully saturated rings.